The molecule has 0 saturated heterocycles. The van der Waals surface area contributed by atoms with Gasteiger partial charge in [0.15, 0.2) is 0 Å². The van der Waals surface area contributed by atoms with E-state index in [2.05, 4.69) is 17.5 Å². The van der Waals surface area contributed by atoms with Crippen LogP contribution in [0, 0.1) is 6.92 Å². The zero-order valence-electron chi connectivity index (χ0n) is 6.10. The lowest BCUT2D eigenvalue weighted by molar-refractivity contribution is 1.51. The molecule has 2 heteroatoms. The molecule has 0 atom stereocenters. The quantitative estimate of drug-likeness (QED) is 0.581. The summed E-state index contributed by atoms with van der Waals surface area (Å²) >= 11 is 7.68. The molecule has 2 aromatic rings. The third kappa shape index (κ3) is 1.15. The van der Waals surface area contributed by atoms with Gasteiger partial charge in [0.2, 0.25) is 0 Å². The molecule has 0 bridgehead atoms. The number of hydrogen-bond acceptors (Lipinski definition) is 1. The Morgan fingerprint density at radius 3 is 3.00 bits per heavy atom. The Kier molecular flexibility index (Phi) is 1.63. The highest BCUT2D eigenvalue weighted by Crippen LogP contribution is 2.26. The molecule has 0 fully saturated rings. The first kappa shape index (κ1) is 7.14. The minimum atomic E-state index is 0.861. The van der Waals surface area contributed by atoms with E-state index in [-0.39, 0.29) is 0 Å². The summed E-state index contributed by atoms with van der Waals surface area (Å²) in [5.41, 5.74) is 1.15. The zero-order valence-corrected chi connectivity index (χ0v) is 7.67. The predicted molar refractivity (Wildman–Crippen MR) is 51.6 cm³/mol. The second kappa shape index (κ2) is 2.50. The molecular formula is C9H7ClS. The van der Waals surface area contributed by atoms with Crippen molar-refractivity contribution < 1.29 is 0 Å². The van der Waals surface area contributed by atoms with Crippen molar-refractivity contribution in [3.05, 3.63) is 34.2 Å². The van der Waals surface area contributed by atoms with E-state index in [0.717, 1.165) is 10.6 Å². The average molecular weight is 183 g/mol. The predicted octanol–water partition coefficient (Wildman–Crippen LogP) is 3.86. The molecular weight excluding hydrogens is 176 g/mol. The van der Waals surface area contributed by atoms with Gasteiger partial charge < -0.3 is 0 Å². The molecule has 0 aliphatic heterocycles. The minimum absolute atomic E-state index is 0.861. The fourth-order valence-corrected chi connectivity index (χ4v) is 2.14. The first-order valence-corrected chi connectivity index (χ1v) is 4.66. The fraction of sp³-hybridized carbons (Fsp3) is 0.111. The van der Waals surface area contributed by atoms with Gasteiger partial charge in [-0.25, -0.2) is 0 Å². The maximum atomic E-state index is 5.95. The van der Waals surface area contributed by atoms with Crippen molar-refractivity contribution in [1.29, 1.82) is 0 Å². The van der Waals surface area contributed by atoms with Crippen molar-refractivity contribution in [2.75, 3.05) is 0 Å². The Labute approximate surface area is 74.4 Å². The Morgan fingerprint density at radius 2 is 2.18 bits per heavy atom. The molecule has 0 aliphatic carbocycles. The van der Waals surface area contributed by atoms with Crippen LogP contribution in [-0.4, -0.2) is 0 Å². The Morgan fingerprint density at radius 1 is 1.36 bits per heavy atom. The van der Waals surface area contributed by atoms with Gasteiger partial charge >= 0.3 is 0 Å². The normalized spacial score (nSPS) is 10.7. The number of fused-ring (bicyclic) bond motifs is 1. The van der Waals surface area contributed by atoms with Crippen molar-refractivity contribution in [2.45, 2.75) is 6.92 Å². The van der Waals surface area contributed by atoms with Gasteiger partial charge in [0.05, 0.1) is 0 Å². The van der Waals surface area contributed by atoms with E-state index >= 15 is 0 Å². The molecule has 1 aromatic heterocycles. The van der Waals surface area contributed by atoms with E-state index in [1.807, 2.05) is 13.0 Å². The van der Waals surface area contributed by atoms with E-state index < -0.39 is 0 Å². The maximum absolute atomic E-state index is 5.95. The molecule has 1 aromatic carbocycles. The fourth-order valence-electron chi connectivity index (χ4n) is 1.10. The van der Waals surface area contributed by atoms with Gasteiger partial charge in [-0.3, -0.25) is 0 Å². The van der Waals surface area contributed by atoms with E-state index in [9.17, 15) is 0 Å². The standard InChI is InChI=1S/C9H7ClS/c1-6-4-7-2-3-11-9(7)5-8(6)10/h2-5H,1H3. The van der Waals surface area contributed by atoms with Crippen molar-refractivity contribution >= 4 is 33.0 Å². The van der Waals surface area contributed by atoms with Crippen LogP contribution in [0.2, 0.25) is 5.02 Å². The first-order valence-electron chi connectivity index (χ1n) is 3.41. The van der Waals surface area contributed by atoms with E-state index in [0.29, 0.717) is 0 Å². The molecule has 1 heterocycles. The van der Waals surface area contributed by atoms with Crippen LogP contribution in [-0.2, 0) is 0 Å². The molecule has 11 heavy (non-hydrogen) atoms. The molecule has 56 valence electrons. The molecule has 0 radical (unpaired) electrons. The highest BCUT2D eigenvalue weighted by molar-refractivity contribution is 7.17. The summed E-state index contributed by atoms with van der Waals surface area (Å²) in [7, 11) is 0. The highest BCUT2D eigenvalue weighted by Gasteiger charge is 1.98. The zero-order chi connectivity index (χ0) is 7.84. The van der Waals surface area contributed by atoms with Gasteiger partial charge in [0.1, 0.15) is 0 Å². The van der Waals surface area contributed by atoms with Crippen LogP contribution in [0.4, 0.5) is 0 Å². The summed E-state index contributed by atoms with van der Waals surface area (Å²) in [5.74, 6) is 0. The van der Waals surface area contributed by atoms with Gasteiger partial charge in [-0.05, 0) is 41.5 Å². The maximum Gasteiger partial charge on any atom is 0.0449 e. The summed E-state index contributed by atoms with van der Waals surface area (Å²) in [6, 6.07) is 6.26. The first-order chi connectivity index (χ1) is 5.27. The molecule has 2 rings (SSSR count). The number of rotatable bonds is 0. The van der Waals surface area contributed by atoms with E-state index in [1.165, 1.54) is 10.1 Å². The molecule has 0 saturated carbocycles. The van der Waals surface area contributed by atoms with Crippen LogP contribution in [0.1, 0.15) is 5.56 Å². The highest BCUT2D eigenvalue weighted by atomic mass is 35.5. The third-order valence-electron chi connectivity index (χ3n) is 1.73. The van der Waals surface area contributed by atoms with Gasteiger partial charge in [0.25, 0.3) is 0 Å². The lowest BCUT2D eigenvalue weighted by Gasteiger charge is -1.95. The Bertz CT molecular complexity index is 353. The number of hydrogen-bond donors (Lipinski definition) is 0. The minimum Gasteiger partial charge on any atom is -0.144 e. The van der Waals surface area contributed by atoms with Crippen LogP contribution in [0.3, 0.4) is 0 Å². The van der Waals surface area contributed by atoms with E-state index in [4.69, 9.17) is 11.6 Å². The second-order valence-electron chi connectivity index (χ2n) is 2.56. The molecule has 0 nitrogen and oxygen atoms in total. The molecule has 0 N–H and O–H groups in total. The van der Waals surface area contributed by atoms with Crippen molar-refractivity contribution in [3.63, 3.8) is 0 Å². The van der Waals surface area contributed by atoms with Crippen LogP contribution >= 0.6 is 22.9 Å². The number of benzene rings is 1. The summed E-state index contributed by atoms with van der Waals surface area (Å²) < 4.78 is 1.26. The lowest BCUT2D eigenvalue weighted by atomic mass is 10.2. The monoisotopic (exact) mass is 182 g/mol. The van der Waals surface area contributed by atoms with Gasteiger partial charge in [-0.1, -0.05) is 11.6 Å². The smallest absolute Gasteiger partial charge is 0.0449 e. The molecule has 0 spiro atoms. The summed E-state index contributed by atoms with van der Waals surface area (Å²) in [4.78, 5) is 0. The SMILES string of the molecule is Cc1cc2ccsc2cc1Cl. The Hall–Kier alpha value is -0.530. The summed E-state index contributed by atoms with van der Waals surface area (Å²) in [5, 5.41) is 4.23. The lowest BCUT2D eigenvalue weighted by Crippen LogP contribution is -1.72. The molecule has 0 unspecified atom stereocenters. The van der Waals surface area contributed by atoms with Crippen LogP contribution < -0.4 is 0 Å². The van der Waals surface area contributed by atoms with Crippen LogP contribution in [0.15, 0.2) is 23.6 Å². The number of aryl methyl sites for hydroxylation is 1. The number of thiophene rings is 1. The van der Waals surface area contributed by atoms with E-state index in [1.54, 1.807) is 11.3 Å². The third-order valence-corrected chi connectivity index (χ3v) is 3.02. The second-order valence-corrected chi connectivity index (χ2v) is 3.91. The summed E-state index contributed by atoms with van der Waals surface area (Å²) in [6.07, 6.45) is 0. The van der Waals surface area contributed by atoms with Gasteiger partial charge in [0, 0.05) is 9.72 Å². The van der Waals surface area contributed by atoms with Crippen molar-refractivity contribution in [2.24, 2.45) is 0 Å². The Balaban J connectivity index is 2.86. The van der Waals surface area contributed by atoms with Gasteiger partial charge in [-0.2, -0.15) is 0 Å². The summed E-state index contributed by atoms with van der Waals surface area (Å²) in [6.45, 7) is 2.03. The van der Waals surface area contributed by atoms with Gasteiger partial charge in [-0.15, -0.1) is 11.3 Å². The molecule has 0 amide bonds. The number of halogens is 1. The van der Waals surface area contributed by atoms with Crippen LogP contribution in [0.25, 0.3) is 10.1 Å². The van der Waals surface area contributed by atoms with Crippen LogP contribution in [0.5, 0.6) is 0 Å². The van der Waals surface area contributed by atoms with Crippen molar-refractivity contribution in [3.8, 4) is 0 Å². The largest absolute Gasteiger partial charge is 0.144 e. The molecule has 0 aliphatic rings. The average Bonchev–Trinajstić information content (AvgIpc) is 2.36. The topological polar surface area (TPSA) is 0 Å². The van der Waals surface area contributed by atoms with Crippen molar-refractivity contribution in [1.82, 2.24) is 0 Å².